The molecule has 0 aliphatic heterocycles. The molecule has 1 heterocycles. The second-order valence-electron chi connectivity index (χ2n) is 5.44. The number of hydrogen-bond donors (Lipinski definition) is 1. The molecule has 1 N–H and O–H groups in total. The van der Waals surface area contributed by atoms with Crippen molar-refractivity contribution in [2.75, 3.05) is 7.11 Å². The number of hydrogen-bond acceptors (Lipinski definition) is 4. The molecule has 0 aliphatic carbocycles. The molecule has 0 spiro atoms. The highest BCUT2D eigenvalue weighted by Crippen LogP contribution is 2.33. The average molecular weight is 314 g/mol. The van der Waals surface area contributed by atoms with E-state index in [-0.39, 0.29) is 11.5 Å². The third kappa shape index (κ3) is 4.74. The minimum absolute atomic E-state index is 0.113. The summed E-state index contributed by atoms with van der Waals surface area (Å²) in [5.41, 5.74) is 1.87. The van der Waals surface area contributed by atoms with Gasteiger partial charge in [-0.05, 0) is 56.0 Å². The van der Waals surface area contributed by atoms with Crippen molar-refractivity contribution < 1.29 is 19.1 Å². The molecule has 0 fully saturated rings. The first-order valence-electron chi connectivity index (χ1n) is 7.72. The van der Waals surface area contributed by atoms with Gasteiger partial charge in [0.05, 0.1) is 13.4 Å². The van der Waals surface area contributed by atoms with E-state index < -0.39 is 0 Å². The van der Waals surface area contributed by atoms with Crippen LogP contribution < -0.4 is 4.74 Å². The number of ketones is 1. The van der Waals surface area contributed by atoms with E-state index in [1.807, 2.05) is 18.2 Å². The lowest BCUT2D eigenvalue weighted by Gasteiger charge is -2.06. The highest BCUT2D eigenvalue weighted by Gasteiger charge is 2.09. The lowest BCUT2D eigenvalue weighted by Crippen LogP contribution is -1.88. The molecular formula is C19H22O4. The van der Waals surface area contributed by atoms with Crippen molar-refractivity contribution in [3.05, 3.63) is 42.4 Å². The van der Waals surface area contributed by atoms with Crippen LogP contribution in [0.1, 0.15) is 38.4 Å². The van der Waals surface area contributed by atoms with E-state index >= 15 is 0 Å². The smallest absolute Gasteiger partial charge is 0.161 e. The van der Waals surface area contributed by atoms with Gasteiger partial charge in [-0.2, -0.15) is 0 Å². The molecule has 0 saturated heterocycles. The number of unbranched alkanes of at least 4 members (excludes halogenated alkanes) is 2. The summed E-state index contributed by atoms with van der Waals surface area (Å²) < 4.78 is 10.7. The number of furan rings is 1. The maximum absolute atomic E-state index is 10.9. The van der Waals surface area contributed by atoms with Gasteiger partial charge < -0.3 is 19.1 Å². The standard InChI is InChI=1S/C19H22O4/c1-14(20)7-5-3-4-6-8-18-16(11-12-23-18)15-9-10-17(21)19(13-15)22-2/h6,8-13,21H,3-5,7H2,1-2H3/b8-6+. The third-order valence-electron chi connectivity index (χ3n) is 3.60. The number of benzene rings is 1. The van der Waals surface area contributed by atoms with E-state index in [1.165, 1.54) is 7.11 Å². The topological polar surface area (TPSA) is 59.7 Å². The van der Waals surface area contributed by atoms with E-state index in [4.69, 9.17) is 9.15 Å². The lowest BCUT2D eigenvalue weighted by molar-refractivity contribution is -0.117. The van der Waals surface area contributed by atoms with Gasteiger partial charge in [0.2, 0.25) is 0 Å². The van der Waals surface area contributed by atoms with E-state index in [0.29, 0.717) is 12.2 Å². The molecule has 1 aromatic carbocycles. The van der Waals surface area contributed by atoms with Crippen molar-refractivity contribution in [2.24, 2.45) is 0 Å². The van der Waals surface area contributed by atoms with Crippen LogP contribution in [0, 0.1) is 0 Å². The van der Waals surface area contributed by atoms with Crippen LogP contribution in [0.15, 0.2) is 41.0 Å². The number of aromatic hydroxyl groups is 1. The van der Waals surface area contributed by atoms with E-state index in [0.717, 1.165) is 36.1 Å². The Labute approximate surface area is 136 Å². The number of carbonyl (C=O) groups excluding carboxylic acids is 1. The number of allylic oxidation sites excluding steroid dienone is 1. The minimum atomic E-state index is 0.113. The molecule has 0 saturated carbocycles. The highest BCUT2D eigenvalue weighted by atomic mass is 16.5. The molecule has 122 valence electrons. The SMILES string of the molecule is COc1cc(-c2ccoc2/C=C/CCCCC(C)=O)ccc1O. The van der Waals surface area contributed by atoms with Crippen LogP contribution in [0.4, 0.5) is 0 Å². The van der Waals surface area contributed by atoms with Gasteiger partial charge >= 0.3 is 0 Å². The van der Waals surface area contributed by atoms with E-state index in [1.54, 1.807) is 25.3 Å². The van der Waals surface area contributed by atoms with Crippen molar-refractivity contribution >= 4 is 11.9 Å². The predicted octanol–water partition coefficient (Wildman–Crippen LogP) is 4.82. The Morgan fingerprint density at radius 3 is 2.87 bits per heavy atom. The summed E-state index contributed by atoms with van der Waals surface area (Å²) in [6.07, 6.45) is 9.10. The van der Waals surface area contributed by atoms with Crippen molar-refractivity contribution in [2.45, 2.75) is 32.6 Å². The van der Waals surface area contributed by atoms with Crippen LogP contribution >= 0.6 is 0 Å². The molecule has 0 amide bonds. The monoisotopic (exact) mass is 314 g/mol. The second-order valence-corrected chi connectivity index (χ2v) is 5.44. The maximum Gasteiger partial charge on any atom is 0.161 e. The third-order valence-corrected chi connectivity index (χ3v) is 3.60. The fourth-order valence-corrected chi connectivity index (χ4v) is 2.36. The first-order valence-corrected chi connectivity index (χ1v) is 7.72. The Kier molecular flexibility index (Phi) is 6.03. The van der Waals surface area contributed by atoms with Gasteiger partial charge in [-0.3, -0.25) is 0 Å². The Hall–Kier alpha value is -2.49. The largest absolute Gasteiger partial charge is 0.504 e. The van der Waals surface area contributed by atoms with Gasteiger partial charge in [-0.15, -0.1) is 0 Å². The van der Waals surface area contributed by atoms with Gasteiger partial charge in [0.1, 0.15) is 11.5 Å². The number of rotatable bonds is 8. The zero-order valence-electron chi connectivity index (χ0n) is 13.5. The summed E-state index contributed by atoms with van der Waals surface area (Å²) >= 11 is 0. The molecule has 2 rings (SSSR count). The summed E-state index contributed by atoms with van der Waals surface area (Å²) in [4.78, 5) is 10.9. The number of phenolic OH excluding ortho intramolecular Hbond substituents is 1. The Bertz CT molecular complexity index is 682. The van der Waals surface area contributed by atoms with Crippen LogP contribution in [0.3, 0.4) is 0 Å². The number of methoxy groups -OCH3 is 1. The fraction of sp³-hybridized carbons (Fsp3) is 0.316. The highest BCUT2D eigenvalue weighted by molar-refractivity contribution is 5.75. The Morgan fingerprint density at radius 1 is 1.30 bits per heavy atom. The molecule has 23 heavy (non-hydrogen) atoms. The number of carbonyl (C=O) groups is 1. The van der Waals surface area contributed by atoms with E-state index in [9.17, 15) is 9.90 Å². The van der Waals surface area contributed by atoms with Crippen LogP contribution in [0.25, 0.3) is 17.2 Å². The van der Waals surface area contributed by atoms with Gasteiger partial charge in [-0.1, -0.05) is 12.1 Å². The summed E-state index contributed by atoms with van der Waals surface area (Å²) in [6.45, 7) is 1.62. The van der Waals surface area contributed by atoms with Gasteiger partial charge in [0.15, 0.2) is 11.5 Å². The van der Waals surface area contributed by atoms with Crippen molar-refractivity contribution in [1.82, 2.24) is 0 Å². The summed E-state index contributed by atoms with van der Waals surface area (Å²) in [6, 6.07) is 7.11. The van der Waals surface area contributed by atoms with Gasteiger partial charge in [0.25, 0.3) is 0 Å². The molecule has 0 aliphatic rings. The predicted molar refractivity (Wildman–Crippen MR) is 90.5 cm³/mol. The Balaban J connectivity index is 2.03. The molecule has 0 bridgehead atoms. The molecule has 0 radical (unpaired) electrons. The Morgan fingerprint density at radius 2 is 2.13 bits per heavy atom. The molecule has 4 nitrogen and oxygen atoms in total. The van der Waals surface area contributed by atoms with Crippen LogP contribution in [-0.2, 0) is 4.79 Å². The molecule has 4 heteroatoms. The molecule has 1 aromatic heterocycles. The second kappa shape index (κ2) is 8.22. The number of ether oxygens (including phenoxy) is 1. The molecule has 0 unspecified atom stereocenters. The van der Waals surface area contributed by atoms with Crippen molar-refractivity contribution in [3.8, 4) is 22.6 Å². The van der Waals surface area contributed by atoms with Crippen LogP contribution in [-0.4, -0.2) is 18.0 Å². The zero-order chi connectivity index (χ0) is 16.7. The zero-order valence-corrected chi connectivity index (χ0v) is 13.5. The summed E-state index contributed by atoms with van der Waals surface area (Å²) in [7, 11) is 1.52. The first-order chi connectivity index (χ1) is 11.1. The normalized spacial score (nSPS) is 11.0. The fourth-order valence-electron chi connectivity index (χ4n) is 2.36. The van der Waals surface area contributed by atoms with Crippen LogP contribution in [0.2, 0.25) is 0 Å². The quantitative estimate of drug-likeness (QED) is 0.709. The van der Waals surface area contributed by atoms with Gasteiger partial charge in [0, 0.05) is 12.0 Å². The van der Waals surface area contributed by atoms with Crippen molar-refractivity contribution in [1.29, 1.82) is 0 Å². The maximum atomic E-state index is 10.9. The minimum Gasteiger partial charge on any atom is -0.504 e. The number of phenols is 1. The molecule has 0 atom stereocenters. The number of Topliss-reactive ketones (excluding diaryl/α,β-unsaturated/α-hetero) is 1. The summed E-state index contributed by atoms with van der Waals surface area (Å²) in [5, 5.41) is 9.68. The average Bonchev–Trinajstić information content (AvgIpc) is 2.99. The molecule has 2 aromatic rings. The van der Waals surface area contributed by atoms with Crippen molar-refractivity contribution in [3.63, 3.8) is 0 Å². The van der Waals surface area contributed by atoms with Gasteiger partial charge in [-0.25, -0.2) is 0 Å². The first kappa shape index (κ1) is 16.9. The van der Waals surface area contributed by atoms with E-state index in [2.05, 4.69) is 6.08 Å². The summed E-state index contributed by atoms with van der Waals surface area (Å²) in [5.74, 6) is 1.55. The molecular weight excluding hydrogens is 292 g/mol. The van der Waals surface area contributed by atoms with Crippen LogP contribution in [0.5, 0.6) is 11.5 Å². The lowest BCUT2D eigenvalue weighted by atomic mass is 10.0.